The molecule has 0 aromatic heterocycles. The Morgan fingerprint density at radius 2 is 1.80 bits per heavy atom. The highest BCUT2D eigenvalue weighted by atomic mass is 35.5. The topological polar surface area (TPSA) is 75.3 Å². The van der Waals surface area contributed by atoms with Crippen LogP contribution < -0.4 is 10.0 Å². The zero-order chi connectivity index (χ0) is 15.3. The molecule has 0 aliphatic rings. The molecule has 1 amide bonds. The molecule has 0 aliphatic carbocycles. The molecule has 1 atom stereocenters. The van der Waals surface area contributed by atoms with E-state index in [1.807, 2.05) is 13.8 Å². The minimum absolute atomic E-state index is 0.00611. The third-order valence-electron chi connectivity index (χ3n) is 2.47. The number of carbonyl (C=O) groups is 1. The molecule has 1 aromatic carbocycles. The van der Waals surface area contributed by atoms with Crippen LogP contribution in [0.1, 0.15) is 31.9 Å². The molecule has 112 valence electrons. The Hall–Kier alpha value is -1.11. The van der Waals surface area contributed by atoms with Crippen LogP contribution in [0.2, 0.25) is 5.02 Å². The molecular weight excluding hydrogens is 300 g/mol. The molecule has 1 aromatic rings. The van der Waals surface area contributed by atoms with Gasteiger partial charge in [0.15, 0.2) is 0 Å². The average Bonchev–Trinajstić information content (AvgIpc) is 2.25. The lowest BCUT2D eigenvalue weighted by atomic mass is 10.0. The zero-order valence-electron chi connectivity index (χ0n) is 11.7. The standard InChI is InChI=1S/C13H19ClN2O3S/c1-9(2)15-13(17)8-12(16-20(3,18)19)10-4-6-11(14)7-5-10/h4-7,9,12,16H,8H2,1-3H3,(H,15,17). The van der Waals surface area contributed by atoms with Gasteiger partial charge in [0.25, 0.3) is 0 Å². The van der Waals surface area contributed by atoms with Crippen LogP contribution in [0, 0.1) is 0 Å². The van der Waals surface area contributed by atoms with Crippen LogP contribution in [0.5, 0.6) is 0 Å². The summed E-state index contributed by atoms with van der Waals surface area (Å²) in [4.78, 5) is 11.8. The van der Waals surface area contributed by atoms with E-state index >= 15 is 0 Å². The lowest BCUT2D eigenvalue weighted by Gasteiger charge is -2.18. The molecule has 0 aliphatic heterocycles. The summed E-state index contributed by atoms with van der Waals surface area (Å²) < 4.78 is 25.3. The van der Waals surface area contributed by atoms with Gasteiger partial charge in [0, 0.05) is 17.5 Å². The fourth-order valence-electron chi connectivity index (χ4n) is 1.75. The number of halogens is 1. The first-order chi connectivity index (χ1) is 9.17. The van der Waals surface area contributed by atoms with Crippen molar-refractivity contribution in [2.24, 2.45) is 0 Å². The Labute approximate surface area is 124 Å². The quantitative estimate of drug-likeness (QED) is 0.840. The summed E-state index contributed by atoms with van der Waals surface area (Å²) in [5.41, 5.74) is 0.693. The van der Waals surface area contributed by atoms with Crippen molar-refractivity contribution in [1.82, 2.24) is 10.0 Å². The van der Waals surface area contributed by atoms with Crippen molar-refractivity contribution in [3.05, 3.63) is 34.9 Å². The maximum absolute atomic E-state index is 11.8. The van der Waals surface area contributed by atoms with Gasteiger partial charge in [0.1, 0.15) is 0 Å². The number of rotatable bonds is 6. The van der Waals surface area contributed by atoms with Gasteiger partial charge in [0.05, 0.1) is 12.3 Å². The van der Waals surface area contributed by atoms with Crippen molar-refractivity contribution in [3.63, 3.8) is 0 Å². The first kappa shape index (κ1) is 16.9. The van der Waals surface area contributed by atoms with Gasteiger partial charge in [-0.05, 0) is 31.5 Å². The molecular formula is C13H19ClN2O3S. The van der Waals surface area contributed by atoms with Crippen LogP contribution in [-0.2, 0) is 14.8 Å². The minimum atomic E-state index is -3.42. The highest BCUT2D eigenvalue weighted by Crippen LogP contribution is 2.20. The largest absolute Gasteiger partial charge is 0.354 e. The van der Waals surface area contributed by atoms with Crippen molar-refractivity contribution in [2.75, 3.05) is 6.26 Å². The van der Waals surface area contributed by atoms with Gasteiger partial charge < -0.3 is 5.32 Å². The Morgan fingerprint density at radius 1 is 1.25 bits per heavy atom. The van der Waals surface area contributed by atoms with Gasteiger partial charge in [-0.25, -0.2) is 13.1 Å². The van der Waals surface area contributed by atoms with Crippen molar-refractivity contribution in [3.8, 4) is 0 Å². The second kappa shape index (κ2) is 7.06. The van der Waals surface area contributed by atoms with E-state index in [-0.39, 0.29) is 18.4 Å². The third kappa shape index (κ3) is 6.36. The fourth-order valence-corrected chi connectivity index (χ4v) is 2.61. The second-order valence-electron chi connectivity index (χ2n) is 4.92. The van der Waals surface area contributed by atoms with Gasteiger partial charge in [-0.2, -0.15) is 0 Å². The van der Waals surface area contributed by atoms with Crippen LogP contribution in [0.4, 0.5) is 0 Å². The summed E-state index contributed by atoms with van der Waals surface area (Å²) in [5.74, 6) is -0.212. The van der Waals surface area contributed by atoms with E-state index < -0.39 is 16.1 Å². The molecule has 5 nitrogen and oxygen atoms in total. The average molecular weight is 319 g/mol. The monoisotopic (exact) mass is 318 g/mol. The van der Waals surface area contributed by atoms with Crippen molar-refractivity contribution >= 4 is 27.5 Å². The third-order valence-corrected chi connectivity index (χ3v) is 3.43. The number of amides is 1. The highest BCUT2D eigenvalue weighted by Gasteiger charge is 2.20. The summed E-state index contributed by atoms with van der Waals surface area (Å²) >= 11 is 5.81. The maximum Gasteiger partial charge on any atom is 0.222 e. The van der Waals surface area contributed by atoms with E-state index in [0.717, 1.165) is 6.26 Å². The molecule has 0 heterocycles. The number of hydrogen-bond acceptors (Lipinski definition) is 3. The first-order valence-electron chi connectivity index (χ1n) is 6.19. The molecule has 0 saturated carbocycles. The molecule has 0 spiro atoms. The molecule has 0 saturated heterocycles. The van der Waals surface area contributed by atoms with Crippen molar-refractivity contribution < 1.29 is 13.2 Å². The number of nitrogens with one attached hydrogen (secondary N) is 2. The molecule has 2 N–H and O–H groups in total. The zero-order valence-corrected chi connectivity index (χ0v) is 13.3. The molecule has 0 bridgehead atoms. The number of benzene rings is 1. The maximum atomic E-state index is 11.8. The summed E-state index contributed by atoms with van der Waals surface area (Å²) in [6.07, 6.45) is 1.10. The normalized spacial score (nSPS) is 13.2. The molecule has 20 heavy (non-hydrogen) atoms. The van der Waals surface area contributed by atoms with Crippen molar-refractivity contribution in [2.45, 2.75) is 32.4 Å². The highest BCUT2D eigenvalue weighted by molar-refractivity contribution is 7.88. The summed E-state index contributed by atoms with van der Waals surface area (Å²) in [6, 6.07) is 6.12. The van der Waals surface area contributed by atoms with Crippen LogP contribution in [0.3, 0.4) is 0 Å². The smallest absolute Gasteiger partial charge is 0.222 e. The van der Waals surface area contributed by atoms with Gasteiger partial charge in [-0.15, -0.1) is 0 Å². The van der Waals surface area contributed by atoms with Crippen molar-refractivity contribution in [1.29, 1.82) is 0 Å². The van der Waals surface area contributed by atoms with E-state index in [1.54, 1.807) is 24.3 Å². The SMILES string of the molecule is CC(C)NC(=O)CC(NS(C)(=O)=O)c1ccc(Cl)cc1. The molecule has 0 fully saturated rings. The van der Waals surface area contributed by atoms with Gasteiger partial charge in [-0.3, -0.25) is 4.79 Å². The lowest BCUT2D eigenvalue weighted by Crippen LogP contribution is -2.35. The van der Waals surface area contributed by atoms with E-state index in [0.29, 0.717) is 10.6 Å². The van der Waals surface area contributed by atoms with Gasteiger partial charge >= 0.3 is 0 Å². The Morgan fingerprint density at radius 3 is 2.25 bits per heavy atom. The second-order valence-corrected chi connectivity index (χ2v) is 7.14. The van der Waals surface area contributed by atoms with Crippen LogP contribution in [0.15, 0.2) is 24.3 Å². The summed E-state index contributed by atoms with van der Waals surface area (Å²) in [5, 5.41) is 3.29. The number of carbonyl (C=O) groups excluding carboxylic acids is 1. The van der Waals surface area contributed by atoms with Gasteiger partial charge in [-0.1, -0.05) is 23.7 Å². The molecule has 7 heteroatoms. The van der Waals surface area contributed by atoms with E-state index in [9.17, 15) is 13.2 Å². The van der Waals surface area contributed by atoms with E-state index in [1.165, 1.54) is 0 Å². The molecule has 1 unspecified atom stereocenters. The van der Waals surface area contributed by atoms with Crippen LogP contribution >= 0.6 is 11.6 Å². The number of sulfonamides is 1. The summed E-state index contributed by atoms with van der Waals surface area (Å²) in [7, 11) is -3.42. The summed E-state index contributed by atoms with van der Waals surface area (Å²) in [6.45, 7) is 3.69. The minimum Gasteiger partial charge on any atom is -0.354 e. The predicted octanol–water partition coefficient (Wildman–Crippen LogP) is 1.84. The first-order valence-corrected chi connectivity index (χ1v) is 8.46. The van der Waals surface area contributed by atoms with E-state index in [2.05, 4.69) is 10.0 Å². The Kier molecular flexibility index (Phi) is 5.98. The Bertz CT molecular complexity index is 555. The Balaban J connectivity index is 2.91. The molecule has 1 rings (SSSR count). The van der Waals surface area contributed by atoms with E-state index in [4.69, 9.17) is 11.6 Å². The van der Waals surface area contributed by atoms with Crippen LogP contribution in [0.25, 0.3) is 0 Å². The molecule has 0 radical (unpaired) electrons. The van der Waals surface area contributed by atoms with Crippen LogP contribution in [-0.4, -0.2) is 26.6 Å². The fraction of sp³-hybridized carbons (Fsp3) is 0.462. The number of hydrogen-bond donors (Lipinski definition) is 2. The predicted molar refractivity (Wildman–Crippen MR) is 80.1 cm³/mol. The lowest BCUT2D eigenvalue weighted by molar-refractivity contribution is -0.122. The van der Waals surface area contributed by atoms with Gasteiger partial charge in [0.2, 0.25) is 15.9 Å².